The van der Waals surface area contributed by atoms with Crippen LogP contribution in [0.2, 0.25) is 0 Å². The minimum atomic E-state index is 0.842. The van der Waals surface area contributed by atoms with Crippen molar-refractivity contribution in [3.8, 4) is 11.1 Å². The molecule has 0 unspecified atom stereocenters. The SMILES string of the molecule is Cc1ccc(-c2csc3ncnc(Nc4ccc5ccccc5c4)c23)cc1C. The summed E-state index contributed by atoms with van der Waals surface area (Å²) in [5, 5.41) is 9.20. The number of nitrogens with one attached hydrogen (secondary N) is 1. The fourth-order valence-electron chi connectivity index (χ4n) is 3.50. The average Bonchev–Trinajstić information content (AvgIpc) is 3.15. The van der Waals surface area contributed by atoms with Crippen molar-refractivity contribution in [2.45, 2.75) is 13.8 Å². The van der Waals surface area contributed by atoms with Crippen molar-refractivity contribution >= 4 is 43.8 Å². The summed E-state index contributed by atoms with van der Waals surface area (Å²) >= 11 is 1.66. The minimum Gasteiger partial charge on any atom is -0.340 e. The number of rotatable bonds is 3. The van der Waals surface area contributed by atoms with Gasteiger partial charge < -0.3 is 5.32 Å². The van der Waals surface area contributed by atoms with Crippen molar-refractivity contribution in [1.82, 2.24) is 9.97 Å². The van der Waals surface area contributed by atoms with Crippen LogP contribution in [0.5, 0.6) is 0 Å². The van der Waals surface area contributed by atoms with Gasteiger partial charge in [0.1, 0.15) is 17.0 Å². The van der Waals surface area contributed by atoms with E-state index in [4.69, 9.17) is 0 Å². The van der Waals surface area contributed by atoms with Crippen LogP contribution in [0.25, 0.3) is 32.1 Å². The second-order valence-corrected chi connectivity index (χ2v) is 7.90. The van der Waals surface area contributed by atoms with E-state index < -0.39 is 0 Å². The monoisotopic (exact) mass is 381 g/mol. The molecule has 0 atom stereocenters. The molecule has 0 radical (unpaired) electrons. The van der Waals surface area contributed by atoms with Gasteiger partial charge in [-0.25, -0.2) is 9.97 Å². The molecule has 5 aromatic rings. The summed E-state index contributed by atoms with van der Waals surface area (Å²) in [4.78, 5) is 10.0. The van der Waals surface area contributed by atoms with Gasteiger partial charge in [-0.15, -0.1) is 11.3 Å². The van der Waals surface area contributed by atoms with Crippen LogP contribution in [-0.2, 0) is 0 Å². The van der Waals surface area contributed by atoms with E-state index in [1.165, 1.54) is 33.0 Å². The van der Waals surface area contributed by atoms with E-state index in [0.717, 1.165) is 21.7 Å². The molecular weight excluding hydrogens is 362 g/mol. The van der Waals surface area contributed by atoms with Gasteiger partial charge in [0, 0.05) is 16.6 Å². The summed E-state index contributed by atoms with van der Waals surface area (Å²) < 4.78 is 0. The number of aryl methyl sites for hydroxylation is 2. The Labute approximate surface area is 167 Å². The number of nitrogens with zero attached hydrogens (tertiary/aromatic N) is 2. The minimum absolute atomic E-state index is 0.842. The lowest BCUT2D eigenvalue weighted by Gasteiger charge is -2.10. The standard InChI is InChI=1S/C24H19N3S/c1-15-7-8-19(11-16(15)2)21-13-28-24-22(21)23(25-14-26-24)27-20-10-9-17-5-3-4-6-18(17)12-20/h3-14H,1-2H3,(H,25,26,27). The van der Waals surface area contributed by atoms with Crippen LogP contribution in [0.3, 0.4) is 0 Å². The third-order valence-electron chi connectivity index (χ3n) is 5.20. The molecule has 0 saturated carbocycles. The largest absolute Gasteiger partial charge is 0.340 e. The number of hydrogen-bond acceptors (Lipinski definition) is 4. The molecule has 136 valence electrons. The van der Waals surface area contributed by atoms with Gasteiger partial charge in [0.2, 0.25) is 0 Å². The Hall–Kier alpha value is -3.24. The van der Waals surface area contributed by atoms with E-state index in [0.29, 0.717) is 0 Å². The lowest BCUT2D eigenvalue weighted by Crippen LogP contribution is -1.95. The van der Waals surface area contributed by atoms with Gasteiger partial charge in [-0.2, -0.15) is 0 Å². The smallest absolute Gasteiger partial charge is 0.143 e. The molecule has 1 N–H and O–H groups in total. The van der Waals surface area contributed by atoms with Crippen LogP contribution >= 0.6 is 11.3 Å². The molecule has 2 aromatic heterocycles. The van der Waals surface area contributed by atoms with Gasteiger partial charge in [-0.05, 0) is 53.4 Å². The van der Waals surface area contributed by atoms with Gasteiger partial charge in [0.25, 0.3) is 0 Å². The molecule has 5 rings (SSSR count). The molecule has 28 heavy (non-hydrogen) atoms. The van der Waals surface area contributed by atoms with E-state index in [1.807, 2.05) is 0 Å². The normalized spacial score (nSPS) is 11.2. The number of benzene rings is 3. The van der Waals surface area contributed by atoms with E-state index in [9.17, 15) is 0 Å². The number of aromatic nitrogens is 2. The Balaban J connectivity index is 1.62. The first kappa shape index (κ1) is 16.9. The van der Waals surface area contributed by atoms with Gasteiger partial charge >= 0.3 is 0 Å². The summed E-state index contributed by atoms with van der Waals surface area (Å²) in [7, 11) is 0. The molecule has 0 aliphatic carbocycles. The Bertz CT molecular complexity index is 1320. The van der Waals surface area contributed by atoms with Crippen LogP contribution < -0.4 is 5.32 Å². The number of thiophene rings is 1. The third-order valence-corrected chi connectivity index (χ3v) is 6.09. The molecule has 0 spiro atoms. The predicted octanol–water partition coefficient (Wildman–Crippen LogP) is 6.87. The van der Waals surface area contributed by atoms with Crippen LogP contribution in [0.15, 0.2) is 72.4 Å². The van der Waals surface area contributed by atoms with E-state index >= 15 is 0 Å². The molecule has 0 aliphatic heterocycles. The highest BCUT2D eigenvalue weighted by Crippen LogP contribution is 2.38. The maximum atomic E-state index is 4.57. The van der Waals surface area contributed by atoms with Crippen molar-refractivity contribution in [3.05, 3.63) is 83.5 Å². The molecule has 3 nitrogen and oxygen atoms in total. The average molecular weight is 382 g/mol. The van der Waals surface area contributed by atoms with Crippen molar-refractivity contribution in [1.29, 1.82) is 0 Å². The molecule has 2 heterocycles. The molecule has 0 fully saturated rings. The first-order chi connectivity index (χ1) is 13.7. The maximum absolute atomic E-state index is 4.57. The Morgan fingerprint density at radius 3 is 2.54 bits per heavy atom. The van der Waals surface area contributed by atoms with Crippen molar-refractivity contribution in [2.75, 3.05) is 5.32 Å². The van der Waals surface area contributed by atoms with E-state index in [1.54, 1.807) is 17.7 Å². The van der Waals surface area contributed by atoms with E-state index in [2.05, 4.69) is 95.2 Å². The highest BCUT2D eigenvalue weighted by molar-refractivity contribution is 7.17. The molecular formula is C24H19N3S. The number of anilines is 2. The second-order valence-electron chi connectivity index (χ2n) is 7.04. The highest BCUT2D eigenvalue weighted by Gasteiger charge is 2.14. The van der Waals surface area contributed by atoms with Gasteiger partial charge in [-0.1, -0.05) is 48.5 Å². The maximum Gasteiger partial charge on any atom is 0.143 e. The molecule has 3 aromatic carbocycles. The lowest BCUT2D eigenvalue weighted by atomic mass is 10.0. The van der Waals surface area contributed by atoms with Crippen molar-refractivity contribution in [2.24, 2.45) is 0 Å². The Morgan fingerprint density at radius 2 is 1.68 bits per heavy atom. The zero-order chi connectivity index (χ0) is 19.1. The van der Waals surface area contributed by atoms with Crippen LogP contribution in [0.1, 0.15) is 11.1 Å². The number of hydrogen-bond donors (Lipinski definition) is 1. The van der Waals surface area contributed by atoms with Gasteiger partial charge in [-0.3, -0.25) is 0 Å². The first-order valence-corrected chi connectivity index (χ1v) is 10.1. The zero-order valence-electron chi connectivity index (χ0n) is 15.7. The highest BCUT2D eigenvalue weighted by atomic mass is 32.1. The molecule has 0 amide bonds. The molecule has 0 aliphatic rings. The topological polar surface area (TPSA) is 37.8 Å². The van der Waals surface area contributed by atoms with Crippen molar-refractivity contribution in [3.63, 3.8) is 0 Å². The predicted molar refractivity (Wildman–Crippen MR) is 120 cm³/mol. The molecule has 4 heteroatoms. The fraction of sp³-hybridized carbons (Fsp3) is 0.0833. The Morgan fingerprint density at radius 1 is 0.821 bits per heavy atom. The first-order valence-electron chi connectivity index (χ1n) is 9.25. The summed E-state index contributed by atoms with van der Waals surface area (Å²) in [6.45, 7) is 4.29. The lowest BCUT2D eigenvalue weighted by molar-refractivity contribution is 1.23. The quantitative estimate of drug-likeness (QED) is 0.370. The number of fused-ring (bicyclic) bond motifs is 2. The van der Waals surface area contributed by atoms with Crippen LogP contribution in [0.4, 0.5) is 11.5 Å². The van der Waals surface area contributed by atoms with Crippen LogP contribution in [0, 0.1) is 13.8 Å². The Kier molecular flexibility index (Phi) is 4.06. The molecule has 0 bridgehead atoms. The summed E-state index contributed by atoms with van der Waals surface area (Å²) in [6.07, 6.45) is 1.63. The van der Waals surface area contributed by atoms with Crippen LogP contribution in [-0.4, -0.2) is 9.97 Å². The molecule has 0 saturated heterocycles. The zero-order valence-corrected chi connectivity index (χ0v) is 16.5. The second kappa shape index (κ2) is 6.73. The van der Waals surface area contributed by atoms with Gasteiger partial charge in [0.05, 0.1) is 5.39 Å². The van der Waals surface area contributed by atoms with Gasteiger partial charge in [0.15, 0.2) is 0 Å². The third kappa shape index (κ3) is 2.92. The fourth-order valence-corrected chi connectivity index (χ4v) is 4.41. The summed E-state index contributed by atoms with van der Waals surface area (Å²) in [6, 6.07) is 21.3. The summed E-state index contributed by atoms with van der Waals surface area (Å²) in [5.41, 5.74) is 5.99. The van der Waals surface area contributed by atoms with Crippen molar-refractivity contribution < 1.29 is 0 Å². The van der Waals surface area contributed by atoms with E-state index in [-0.39, 0.29) is 0 Å². The summed E-state index contributed by atoms with van der Waals surface area (Å²) in [5.74, 6) is 0.842.